The fourth-order valence-electron chi connectivity index (χ4n) is 3.00. The second-order valence-electron chi connectivity index (χ2n) is 6.52. The number of hydrogen-bond acceptors (Lipinski definition) is 3. The van der Waals surface area contributed by atoms with Gasteiger partial charge in [-0.3, -0.25) is 4.79 Å². The minimum atomic E-state index is -4.63. The van der Waals surface area contributed by atoms with Crippen LogP contribution >= 0.6 is 0 Å². The number of carbonyl (C=O) groups is 1. The van der Waals surface area contributed by atoms with Gasteiger partial charge in [-0.2, -0.15) is 13.2 Å². The van der Waals surface area contributed by atoms with E-state index in [4.69, 9.17) is 0 Å². The van der Waals surface area contributed by atoms with Crippen molar-refractivity contribution in [2.24, 2.45) is 0 Å². The summed E-state index contributed by atoms with van der Waals surface area (Å²) < 4.78 is 65.3. The van der Waals surface area contributed by atoms with Crippen molar-refractivity contribution in [1.82, 2.24) is 10.0 Å². The van der Waals surface area contributed by atoms with E-state index in [9.17, 15) is 26.4 Å². The Hall–Kier alpha value is -1.61. The van der Waals surface area contributed by atoms with E-state index in [1.54, 1.807) is 0 Å². The molecule has 146 valence electrons. The lowest BCUT2D eigenvalue weighted by Gasteiger charge is -2.22. The molecule has 5 nitrogen and oxygen atoms in total. The third-order valence-corrected chi connectivity index (χ3v) is 5.90. The van der Waals surface area contributed by atoms with Gasteiger partial charge in [-0.1, -0.05) is 25.3 Å². The SMILES string of the molecule is Cc1ccc(S(=O)(=O)NCCC(=O)NC2CCCCC2)cc1C(F)(F)F. The molecule has 0 bridgehead atoms. The molecule has 26 heavy (non-hydrogen) atoms. The number of halogens is 3. The molecule has 1 aromatic carbocycles. The number of alkyl halides is 3. The summed E-state index contributed by atoms with van der Waals surface area (Å²) in [5, 5.41) is 2.86. The number of nitrogens with one attached hydrogen (secondary N) is 2. The second kappa shape index (κ2) is 8.39. The van der Waals surface area contributed by atoms with Crippen LogP contribution in [0.2, 0.25) is 0 Å². The lowest BCUT2D eigenvalue weighted by atomic mass is 9.95. The normalized spacial score (nSPS) is 16.5. The van der Waals surface area contributed by atoms with Gasteiger partial charge in [0, 0.05) is 19.0 Å². The van der Waals surface area contributed by atoms with Crippen molar-refractivity contribution in [2.75, 3.05) is 6.54 Å². The Labute approximate surface area is 151 Å². The Balaban J connectivity index is 1.93. The van der Waals surface area contributed by atoms with Crippen molar-refractivity contribution in [3.05, 3.63) is 29.3 Å². The first-order chi connectivity index (χ1) is 12.1. The maximum Gasteiger partial charge on any atom is 0.416 e. The zero-order chi connectivity index (χ0) is 19.4. The predicted octanol–water partition coefficient (Wildman–Crippen LogP) is 3.13. The van der Waals surface area contributed by atoms with Crippen LogP contribution in [-0.2, 0) is 21.0 Å². The second-order valence-corrected chi connectivity index (χ2v) is 8.29. The zero-order valence-corrected chi connectivity index (χ0v) is 15.3. The summed E-state index contributed by atoms with van der Waals surface area (Å²) >= 11 is 0. The van der Waals surface area contributed by atoms with Crippen molar-refractivity contribution in [2.45, 2.75) is 62.6 Å². The standard InChI is InChI=1S/C17H23F3N2O3S/c1-12-7-8-14(11-15(12)17(18,19)20)26(24,25)21-10-9-16(23)22-13-5-3-2-4-6-13/h7-8,11,13,21H,2-6,9-10H2,1H3,(H,22,23). The van der Waals surface area contributed by atoms with Crippen LogP contribution < -0.4 is 10.0 Å². The smallest absolute Gasteiger partial charge is 0.353 e. The van der Waals surface area contributed by atoms with Gasteiger partial charge in [-0.05, 0) is 37.5 Å². The van der Waals surface area contributed by atoms with Gasteiger partial charge in [0.25, 0.3) is 0 Å². The zero-order valence-electron chi connectivity index (χ0n) is 14.5. The Kier molecular flexibility index (Phi) is 6.68. The summed E-state index contributed by atoms with van der Waals surface area (Å²) in [5.74, 6) is -0.264. The van der Waals surface area contributed by atoms with E-state index in [-0.39, 0.29) is 30.5 Å². The first-order valence-corrected chi connectivity index (χ1v) is 10.0. The summed E-state index contributed by atoms with van der Waals surface area (Å²) in [6, 6.07) is 2.97. The highest BCUT2D eigenvalue weighted by molar-refractivity contribution is 7.89. The molecule has 1 aromatic rings. The van der Waals surface area contributed by atoms with E-state index >= 15 is 0 Å². The number of amides is 1. The van der Waals surface area contributed by atoms with Crippen LogP contribution in [0.1, 0.15) is 49.7 Å². The van der Waals surface area contributed by atoms with Gasteiger partial charge in [0.1, 0.15) is 0 Å². The topological polar surface area (TPSA) is 75.3 Å². The van der Waals surface area contributed by atoms with Gasteiger partial charge in [0.05, 0.1) is 10.5 Å². The molecular formula is C17H23F3N2O3S. The highest BCUT2D eigenvalue weighted by Crippen LogP contribution is 2.33. The Morgan fingerprint density at radius 2 is 1.85 bits per heavy atom. The van der Waals surface area contributed by atoms with E-state index < -0.39 is 26.7 Å². The van der Waals surface area contributed by atoms with Gasteiger partial charge in [0.15, 0.2) is 0 Å². The molecule has 0 atom stereocenters. The molecule has 1 amide bonds. The molecule has 0 heterocycles. The van der Waals surface area contributed by atoms with Gasteiger partial charge in [-0.15, -0.1) is 0 Å². The van der Waals surface area contributed by atoms with E-state index in [0.717, 1.165) is 44.2 Å². The molecule has 1 aliphatic rings. The van der Waals surface area contributed by atoms with Gasteiger partial charge in [0.2, 0.25) is 15.9 Å². The quantitative estimate of drug-likeness (QED) is 0.781. The van der Waals surface area contributed by atoms with Crippen LogP contribution in [0, 0.1) is 6.92 Å². The molecule has 1 saturated carbocycles. The molecule has 0 aliphatic heterocycles. The molecule has 2 rings (SSSR count). The summed E-state index contributed by atoms with van der Waals surface area (Å²) in [4.78, 5) is 11.4. The summed E-state index contributed by atoms with van der Waals surface area (Å²) in [6.07, 6.45) is 0.424. The molecular weight excluding hydrogens is 369 g/mol. The molecule has 2 N–H and O–H groups in total. The Morgan fingerprint density at radius 1 is 1.19 bits per heavy atom. The first kappa shape index (κ1) is 20.7. The van der Waals surface area contributed by atoms with E-state index in [0.29, 0.717) is 6.07 Å². The summed E-state index contributed by atoms with van der Waals surface area (Å²) in [7, 11) is -4.12. The van der Waals surface area contributed by atoms with Crippen molar-refractivity contribution in [1.29, 1.82) is 0 Å². The van der Waals surface area contributed by atoms with Crippen LogP contribution in [0.25, 0.3) is 0 Å². The van der Waals surface area contributed by atoms with Crippen LogP contribution in [0.4, 0.5) is 13.2 Å². The maximum absolute atomic E-state index is 12.9. The lowest BCUT2D eigenvalue weighted by molar-refractivity contribution is -0.138. The fourth-order valence-corrected chi connectivity index (χ4v) is 4.06. The molecule has 0 radical (unpaired) electrons. The number of aryl methyl sites for hydroxylation is 1. The Bertz CT molecular complexity index is 742. The maximum atomic E-state index is 12.9. The molecule has 9 heteroatoms. The molecule has 1 aliphatic carbocycles. The number of benzene rings is 1. The third kappa shape index (κ3) is 5.70. The lowest BCUT2D eigenvalue weighted by Crippen LogP contribution is -2.38. The van der Waals surface area contributed by atoms with Gasteiger partial charge in [-0.25, -0.2) is 13.1 Å². The van der Waals surface area contributed by atoms with E-state index in [1.165, 1.54) is 6.92 Å². The summed E-state index contributed by atoms with van der Waals surface area (Å²) in [5.41, 5.74) is -1.04. The molecule has 0 saturated heterocycles. The predicted molar refractivity (Wildman–Crippen MR) is 91.0 cm³/mol. The highest BCUT2D eigenvalue weighted by Gasteiger charge is 2.33. The average Bonchev–Trinajstić information content (AvgIpc) is 2.54. The number of rotatable bonds is 6. The van der Waals surface area contributed by atoms with Crippen LogP contribution in [-0.4, -0.2) is 26.9 Å². The van der Waals surface area contributed by atoms with Gasteiger partial charge >= 0.3 is 6.18 Å². The van der Waals surface area contributed by atoms with Crippen molar-refractivity contribution >= 4 is 15.9 Å². The first-order valence-electron chi connectivity index (χ1n) is 8.56. The van der Waals surface area contributed by atoms with Crippen molar-refractivity contribution < 1.29 is 26.4 Å². The number of carbonyl (C=O) groups excluding carboxylic acids is 1. The third-order valence-electron chi connectivity index (χ3n) is 4.44. The number of sulfonamides is 1. The van der Waals surface area contributed by atoms with Crippen LogP contribution in [0.15, 0.2) is 23.1 Å². The van der Waals surface area contributed by atoms with E-state index in [1.807, 2.05) is 0 Å². The summed E-state index contributed by atoms with van der Waals surface area (Å²) in [6.45, 7) is 1.10. The molecule has 1 fully saturated rings. The number of hydrogen-bond donors (Lipinski definition) is 2. The van der Waals surface area contributed by atoms with Crippen molar-refractivity contribution in [3.8, 4) is 0 Å². The van der Waals surface area contributed by atoms with E-state index in [2.05, 4.69) is 10.0 Å². The van der Waals surface area contributed by atoms with Crippen molar-refractivity contribution in [3.63, 3.8) is 0 Å². The fraction of sp³-hybridized carbons (Fsp3) is 0.588. The largest absolute Gasteiger partial charge is 0.416 e. The highest BCUT2D eigenvalue weighted by atomic mass is 32.2. The minimum absolute atomic E-state index is 0.0525. The molecule has 0 spiro atoms. The molecule has 0 unspecified atom stereocenters. The van der Waals surface area contributed by atoms with Crippen LogP contribution in [0.5, 0.6) is 0 Å². The van der Waals surface area contributed by atoms with Gasteiger partial charge < -0.3 is 5.32 Å². The average molecular weight is 392 g/mol. The molecule has 0 aromatic heterocycles. The monoisotopic (exact) mass is 392 g/mol. The van der Waals surface area contributed by atoms with Crippen LogP contribution in [0.3, 0.4) is 0 Å². The Morgan fingerprint density at radius 3 is 2.46 bits per heavy atom. The minimum Gasteiger partial charge on any atom is -0.353 e.